The average molecular weight is 426 g/mol. The fourth-order valence-corrected chi connectivity index (χ4v) is 4.80. The van der Waals surface area contributed by atoms with Crippen LogP contribution in [0.15, 0.2) is 24.3 Å². The van der Waals surface area contributed by atoms with Gasteiger partial charge in [-0.1, -0.05) is 18.2 Å². The molecule has 7 heteroatoms. The lowest BCUT2D eigenvalue weighted by Crippen LogP contribution is -2.44. The number of amides is 1. The van der Waals surface area contributed by atoms with Gasteiger partial charge in [0.2, 0.25) is 5.91 Å². The van der Waals surface area contributed by atoms with E-state index in [1.54, 1.807) is 12.1 Å². The van der Waals surface area contributed by atoms with Gasteiger partial charge in [-0.2, -0.15) is 13.2 Å². The zero-order chi connectivity index (χ0) is 21.7. The van der Waals surface area contributed by atoms with E-state index in [1.807, 2.05) is 11.9 Å². The predicted octanol–water partition coefficient (Wildman–Crippen LogP) is 4.25. The molecule has 1 amide bonds. The lowest BCUT2D eigenvalue weighted by atomic mass is 9.92. The summed E-state index contributed by atoms with van der Waals surface area (Å²) in [5.74, 6) is 0.565. The van der Waals surface area contributed by atoms with Gasteiger partial charge in [-0.3, -0.25) is 9.69 Å². The molecular formula is C23H34F3N3O. The van der Waals surface area contributed by atoms with Crippen molar-refractivity contribution in [3.8, 4) is 0 Å². The van der Waals surface area contributed by atoms with Crippen LogP contribution < -0.4 is 0 Å². The zero-order valence-corrected chi connectivity index (χ0v) is 18.1. The summed E-state index contributed by atoms with van der Waals surface area (Å²) in [5, 5.41) is 0. The van der Waals surface area contributed by atoms with Gasteiger partial charge in [-0.15, -0.1) is 0 Å². The van der Waals surface area contributed by atoms with Gasteiger partial charge < -0.3 is 9.80 Å². The Morgan fingerprint density at radius 1 is 1.13 bits per heavy atom. The zero-order valence-electron chi connectivity index (χ0n) is 18.1. The van der Waals surface area contributed by atoms with Crippen molar-refractivity contribution in [1.29, 1.82) is 0 Å². The molecule has 2 fully saturated rings. The second-order valence-electron chi connectivity index (χ2n) is 8.98. The molecule has 4 nitrogen and oxygen atoms in total. The van der Waals surface area contributed by atoms with Crippen LogP contribution in [-0.2, 0) is 17.5 Å². The van der Waals surface area contributed by atoms with E-state index in [-0.39, 0.29) is 5.91 Å². The Bertz CT molecular complexity index is 701. The molecule has 30 heavy (non-hydrogen) atoms. The summed E-state index contributed by atoms with van der Waals surface area (Å²) in [5.41, 5.74) is -0.203. The highest BCUT2D eigenvalue weighted by atomic mass is 19.4. The molecule has 1 aromatic carbocycles. The van der Waals surface area contributed by atoms with Crippen molar-refractivity contribution in [2.45, 2.75) is 57.3 Å². The lowest BCUT2D eigenvalue weighted by Gasteiger charge is -2.36. The molecule has 0 radical (unpaired) electrons. The number of hydrogen-bond donors (Lipinski definition) is 0. The normalized spacial score (nSPS) is 22.2. The first kappa shape index (κ1) is 23.1. The number of carbonyl (C=O) groups excluding carboxylic acids is 1. The third-order valence-corrected chi connectivity index (χ3v) is 6.72. The molecule has 0 spiro atoms. The average Bonchev–Trinajstić information content (AvgIpc) is 2.72. The van der Waals surface area contributed by atoms with Crippen molar-refractivity contribution < 1.29 is 18.0 Å². The molecule has 3 rings (SSSR count). The van der Waals surface area contributed by atoms with E-state index in [1.165, 1.54) is 6.07 Å². The Hall–Kier alpha value is -1.60. The second-order valence-corrected chi connectivity index (χ2v) is 8.98. The summed E-state index contributed by atoms with van der Waals surface area (Å²) in [6.07, 6.45) is 1.08. The molecule has 1 atom stereocenters. The van der Waals surface area contributed by atoms with Crippen molar-refractivity contribution in [3.63, 3.8) is 0 Å². The largest absolute Gasteiger partial charge is 0.416 e. The fourth-order valence-electron chi connectivity index (χ4n) is 4.80. The van der Waals surface area contributed by atoms with Crippen LogP contribution in [0, 0.1) is 5.92 Å². The topological polar surface area (TPSA) is 26.8 Å². The van der Waals surface area contributed by atoms with Crippen LogP contribution in [0.5, 0.6) is 0 Å². The van der Waals surface area contributed by atoms with Crippen LogP contribution in [0.25, 0.3) is 0 Å². The van der Waals surface area contributed by atoms with Gasteiger partial charge in [-0.25, -0.2) is 0 Å². The third-order valence-electron chi connectivity index (χ3n) is 6.72. The SMILES string of the molecule is CN1CCC(N(C)C(=O)CC[C@H]2CCCN(Cc3ccccc3C(F)(F)F)C2)CC1. The molecule has 2 aliphatic heterocycles. The van der Waals surface area contributed by atoms with Gasteiger partial charge in [0.15, 0.2) is 0 Å². The van der Waals surface area contributed by atoms with Crippen molar-refractivity contribution in [2.75, 3.05) is 40.3 Å². The van der Waals surface area contributed by atoms with E-state index in [0.29, 0.717) is 30.5 Å². The van der Waals surface area contributed by atoms with Crippen LogP contribution >= 0.6 is 0 Å². The summed E-state index contributed by atoms with van der Waals surface area (Å²) in [4.78, 5) is 19.0. The van der Waals surface area contributed by atoms with Gasteiger partial charge in [0.25, 0.3) is 0 Å². The Balaban J connectivity index is 1.49. The van der Waals surface area contributed by atoms with Crippen molar-refractivity contribution in [2.24, 2.45) is 5.92 Å². The molecule has 2 saturated heterocycles. The number of hydrogen-bond acceptors (Lipinski definition) is 3. The van der Waals surface area contributed by atoms with Gasteiger partial charge in [0, 0.05) is 32.6 Å². The Morgan fingerprint density at radius 3 is 2.53 bits per heavy atom. The highest BCUT2D eigenvalue weighted by Crippen LogP contribution is 2.33. The number of halogens is 3. The van der Waals surface area contributed by atoms with Crippen LogP contribution in [0.4, 0.5) is 13.2 Å². The number of carbonyl (C=O) groups is 1. The molecule has 0 aliphatic carbocycles. The maximum Gasteiger partial charge on any atom is 0.416 e. The van der Waals surface area contributed by atoms with E-state index >= 15 is 0 Å². The summed E-state index contributed by atoms with van der Waals surface area (Å²) in [7, 11) is 4.03. The van der Waals surface area contributed by atoms with E-state index < -0.39 is 11.7 Å². The highest BCUT2D eigenvalue weighted by molar-refractivity contribution is 5.76. The minimum atomic E-state index is -4.32. The number of likely N-dealkylation sites (tertiary alicyclic amines) is 2. The first-order valence-electron chi connectivity index (χ1n) is 11.1. The van der Waals surface area contributed by atoms with E-state index in [0.717, 1.165) is 64.3 Å². The fraction of sp³-hybridized carbons (Fsp3) is 0.696. The van der Waals surface area contributed by atoms with Crippen LogP contribution in [-0.4, -0.2) is 66.9 Å². The number of alkyl halides is 3. The van der Waals surface area contributed by atoms with Crippen LogP contribution in [0.3, 0.4) is 0 Å². The first-order chi connectivity index (χ1) is 14.2. The summed E-state index contributed by atoms with van der Waals surface area (Å²) < 4.78 is 39.8. The molecule has 168 valence electrons. The van der Waals surface area contributed by atoms with Gasteiger partial charge in [-0.05, 0) is 76.3 Å². The van der Waals surface area contributed by atoms with Gasteiger partial charge >= 0.3 is 6.18 Å². The molecule has 0 N–H and O–H groups in total. The number of nitrogens with zero attached hydrogens (tertiary/aromatic N) is 3. The highest BCUT2D eigenvalue weighted by Gasteiger charge is 2.33. The standard InChI is InChI=1S/C23H34F3N3O/c1-27-14-11-20(12-15-27)28(2)22(30)10-9-18-6-5-13-29(16-18)17-19-7-3-4-8-21(19)23(24,25)26/h3-4,7-8,18,20H,5-6,9-17H2,1-2H3/t18-/m1/s1. The van der Waals surface area contributed by atoms with Gasteiger partial charge in [0.1, 0.15) is 0 Å². The Kier molecular flexibility index (Phi) is 7.80. The molecule has 0 unspecified atom stereocenters. The maximum absolute atomic E-state index is 13.3. The second kappa shape index (κ2) is 10.1. The number of benzene rings is 1. The Morgan fingerprint density at radius 2 is 1.83 bits per heavy atom. The summed E-state index contributed by atoms with van der Waals surface area (Å²) in [6.45, 7) is 3.94. The van der Waals surface area contributed by atoms with E-state index in [2.05, 4.69) is 16.8 Å². The predicted molar refractivity (Wildman–Crippen MR) is 112 cm³/mol. The van der Waals surface area contributed by atoms with E-state index in [9.17, 15) is 18.0 Å². The molecule has 2 heterocycles. The number of piperidine rings is 2. The van der Waals surface area contributed by atoms with E-state index in [4.69, 9.17) is 0 Å². The monoisotopic (exact) mass is 425 g/mol. The molecular weight excluding hydrogens is 391 g/mol. The molecule has 0 aromatic heterocycles. The van der Waals surface area contributed by atoms with Crippen molar-refractivity contribution >= 4 is 5.91 Å². The van der Waals surface area contributed by atoms with Crippen molar-refractivity contribution in [3.05, 3.63) is 35.4 Å². The Labute approximate surface area is 178 Å². The van der Waals surface area contributed by atoms with Crippen LogP contribution in [0.2, 0.25) is 0 Å². The molecule has 0 bridgehead atoms. The quantitative estimate of drug-likeness (QED) is 0.682. The minimum Gasteiger partial charge on any atom is -0.343 e. The third kappa shape index (κ3) is 6.20. The molecule has 0 saturated carbocycles. The minimum absolute atomic E-state index is 0.198. The molecule has 2 aliphatic rings. The summed E-state index contributed by atoms with van der Waals surface area (Å²) in [6, 6.07) is 6.18. The van der Waals surface area contributed by atoms with Crippen LogP contribution in [0.1, 0.15) is 49.7 Å². The maximum atomic E-state index is 13.3. The van der Waals surface area contributed by atoms with Crippen molar-refractivity contribution in [1.82, 2.24) is 14.7 Å². The lowest BCUT2D eigenvalue weighted by molar-refractivity contribution is -0.138. The summed E-state index contributed by atoms with van der Waals surface area (Å²) >= 11 is 0. The van der Waals surface area contributed by atoms with Gasteiger partial charge in [0.05, 0.1) is 5.56 Å². The first-order valence-corrected chi connectivity index (χ1v) is 11.1. The molecule has 1 aromatic rings. The number of rotatable bonds is 6. The smallest absolute Gasteiger partial charge is 0.343 e.